The van der Waals surface area contributed by atoms with Crippen molar-refractivity contribution in [3.8, 4) is 0 Å². The van der Waals surface area contributed by atoms with E-state index in [1.165, 1.54) is 110 Å². The molecule has 290 valence electrons. The molecule has 6 nitrogen and oxygen atoms in total. The number of aliphatic carboxylic acids is 1. The second-order valence-corrected chi connectivity index (χ2v) is 22.0. The van der Waals surface area contributed by atoms with Crippen LogP contribution >= 0.6 is 0 Å². The molecule has 51 heavy (non-hydrogen) atoms. The Balaban J connectivity index is 1.09. The van der Waals surface area contributed by atoms with E-state index in [1.54, 1.807) is 13.8 Å². The average molecular weight is 709 g/mol. The maximum absolute atomic E-state index is 13.1. The smallest absolute Gasteiger partial charge is 0.309 e. The number of ether oxygens (including phenoxy) is 1. The number of hydrogen-bond donors (Lipinski definition) is 2. The molecule has 0 aromatic carbocycles. The molecule has 6 heteroatoms. The third-order valence-corrected chi connectivity index (χ3v) is 19.0. The zero-order valence-corrected chi connectivity index (χ0v) is 34.3. The molecule has 0 spiro atoms. The zero-order chi connectivity index (χ0) is 36.8. The van der Waals surface area contributed by atoms with Gasteiger partial charge in [-0.15, -0.1) is 0 Å². The van der Waals surface area contributed by atoms with Gasteiger partial charge in [-0.05, 0) is 193 Å². The fourth-order valence-electron chi connectivity index (χ4n) is 15.3. The number of piperidine rings is 1. The number of carboxylic acid groups (broad SMARTS) is 1. The predicted octanol–water partition coefficient (Wildman–Crippen LogP) is 9.74. The number of esters is 1. The summed E-state index contributed by atoms with van der Waals surface area (Å²) in [4.78, 5) is 27.5. The van der Waals surface area contributed by atoms with E-state index in [4.69, 9.17) is 4.74 Å². The molecule has 1 unspecified atom stereocenters. The van der Waals surface area contributed by atoms with Crippen molar-refractivity contribution >= 4 is 11.9 Å². The second-order valence-electron chi connectivity index (χ2n) is 22.0. The van der Waals surface area contributed by atoms with Crippen LogP contribution in [0.5, 0.6) is 0 Å². The molecule has 7 rings (SSSR count). The Morgan fingerprint density at radius 1 is 0.784 bits per heavy atom. The summed E-state index contributed by atoms with van der Waals surface area (Å²) >= 11 is 0. The van der Waals surface area contributed by atoms with Crippen molar-refractivity contribution in [2.24, 2.45) is 67.5 Å². The topological polar surface area (TPSA) is 78.9 Å². The first-order chi connectivity index (χ1) is 23.9. The Labute approximate surface area is 311 Å². The summed E-state index contributed by atoms with van der Waals surface area (Å²) in [6, 6.07) is 0.708. The van der Waals surface area contributed by atoms with Crippen LogP contribution in [0.3, 0.4) is 0 Å². The normalized spacial score (nSPS) is 44.8. The number of carboxylic acids is 1. The molecule has 6 aliphatic carbocycles. The van der Waals surface area contributed by atoms with Gasteiger partial charge in [-0.2, -0.15) is 0 Å². The molecule has 0 amide bonds. The minimum Gasteiger partial charge on any atom is -0.481 e. The SMILES string of the molecule is CCN1CCC(NCC[C@]23CCC(C4(C)CC4)[C@@H]2[C@H]2CC[C@@H]4[C@@]5(C)CC[C@H](OC(=O)CC(C)(C)C(=O)O)C(C)(C)[C@@H]5CC[C@@]4(C)[C@]2(C)CC3)CC1. The van der Waals surface area contributed by atoms with Gasteiger partial charge in [-0.25, -0.2) is 0 Å². The first kappa shape index (κ1) is 38.1. The Kier molecular flexibility index (Phi) is 9.71. The number of fused-ring (bicyclic) bond motifs is 7. The highest BCUT2D eigenvalue weighted by Crippen LogP contribution is 2.79. The van der Waals surface area contributed by atoms with Crippen LogP contribution in [0.2, 0.25) is 0 Å². The monoisotopic (exact) mass is 709 g/mol. The highest BCUT2D eigenvalue weighted by atomic mass is 16.5. The van der Waals surface area contributed by atoms with Gasteiger partial charge in [0.05, 0.1) is 11.8 Å². The van der Waals surface area contributed by atoms with Gasteiger partial charge in [0.15, 0.2) is 0 Å². The van der Waals surface area contributed by atoms with Crippen LogP contribution in [0.1, 0.15) is 165 Å². The van der Waals surface area contributed by atoms with Crippen molar-refractivity contribution in [1.29, 1.82) is 0 Å². The molecule has 7 fully saturated rings. The number of carbonyl (C=O) groups is 2. The van der Waals surface area contributed by atoms with Crippen molar-refractivity contribution in [1.82, 2.24) is 10.2 Å². The maximum atomic E-state index is 13.1. The van der Waals surface area contributed by atoms with Crippen LogP contribution in [-0.2, 0) is 14.3 Å². The highest BCUT2D eigenvalue weighted by Gasteiger charge is 2.72. The van der Waals surface area contributed by atoms with E-state index in [0.717, 1.165) is 30.6 Å². The number of likely N-dealkylation sites (tertiary alicyclic amines) is 1. The van der Waals surface area contributed by atoms with Crippen LogP contribution in [0.25, 0.3) is 0 Å². The number of hydrogen-bond acceptors (Lipinski definition) is 5. The number of carbonyl (C=O) groups excluding carboxylic acids is 1. The first-order valence-electron chi connectivity index (χ1n) is 21.7. The molecule has 10 atom stereocenters. The minimum atomic E-state index is -1.11. The summed E-state index contributed by atoms with van der Waals surface area (Å²) in [7, 11) is 0. The fourth-order valence-corrected chi connectivity index (χ4v) is 15.3. The van der Waals surface area contributed by atoms with Gasteiger partial charge in [0.2, 0.25) is 0 Å². The van der Waals surface area contributed by atoms with Crippen molar-refractivity contribution in [2.45, 2.75) is 177 Å². The second kappa shape index (κ2) is 13.0. The molecule has 7 aliphatic rings. The average Bonchev–Trinajstić information content (AvgIpc) is 3.69. The van der Waals surface area contributed by atoms with Gasteiger partial charge in [0, 0.05) is 11.5 Å². The molecule has 0 aromatic rings. The molecule has 0 bridgehead atoms. The lowest BCUT2D eigenvalue weighted by molar-refractivity contribution is -0.252. The largest absolute Gasteiger partial charge is 0.481 e. The molecule has 0 radical (unpaired) electrons. The van der Waals surface area contributed by atoms with E-state index >= 15 is 0 Å². The lowest BCUT2D eigenvalue weighted by Crippen LogP contribution is -2.67. The van der Waals surface area contributed by atoms with Crippen molar-refractivity contribution in [3.05, 3.63) is 0 Å². The quantitative estimate of drug-likeness (QED) is 0.220. The van der Waals surface area contributed by atoms with E-state index in [1.807, 2.05) is 0 Å². The molecule has 1 aliphatic heterocycles. The number of nitrogens with zero attached hydrogens (tertiary/aromatic N) is 1. The number of nitrogens with one attached hydrogen (secondary N) is 1. The molecular formula is C45H76N2O4. The van der Waals surface area contributed by atoms with E-state index in [-0.39, 0.29) is 29.3 Å². The lowest BCUT2D eigenvalue weighted by Gasteiger charge is -2.73. The van der Waals surface area contributed by atoms with E-state index in [9.17, 15) is 14.7 Å². The summed E-state index contributed by atoms with van der Waals surface area (Å²) in [5.74, 6) is 2.55. The lowest BCUT2D eigenvalue weighted by atomic mass is 9.32. The predicted molar refractivity (Wildman–Crippen MR) is 205 cm³/mol. The van der Waals surface area contributed by atoms with E-state index in [2.05, 4.69) is 58.7 Å². The molecule has 1 heterocycles. The van der Waals surface area contributed by atoms with Gasteiger partial charge in [0.25, 0.3) is 0 Å². The summed E-state index contributed by atoms with van der Waals surface area (Å²) in [5.41, 5.74) is 0.822. The Morgan fingerprint density at radius 3 is 2.14 bits per heavy atom. The van der Waals surface area contributed by atoms with Gasteiger partial charge < -0.3 is 20.1 Å². The highest BCUT2D eigenvalue weighted by molar-refractivity contribution is 5.81. The van der Waals surface area contributed by atoms with Crippen LogP contribution in [-0.4, -0.2) is 60.3 Å². The standard InChI is InChI=1S/C45H76N2O4/c1-10-47-27-16-30(17-28-47)46-26-25-45-20-13-31(41(6)21-22-41)37(45)32-11-12-34-42(7)18-15-35(51-36(48)29-39(2,3)38(49)50)40(4,5)33(42)14-19-44(34,9)43(32,8)23-24-45/h30-35,37,46H,10-29H2,1-9H3,(H,49,50)/t31?,32-,33+,34-,35+,37-,42+,43-,44-,45-/m1/s1. The molecular weight excluding hydrogens is 633 g/mol. The third kappa shape index (κ3) is 6.08. The van der Waals surface area contributed by atoms with E-state index in [0.29, 0.717) is 39.5 Å². The Morgan fingerprint density at radius 2 is 1.49 bits per heavy atom. The Bertz CT molecular complexity index is 1330. The van der Waals surface area contributed by atoms with Gasteiger partial charge in [-0.1, -0.05) is 48.5 Å². The van der Waals surface area contributed by atoms with Crippen molar-refractivity contribution in [2.75, 3.05) is 26.2 Å². The molecule has 1 saturated heterocycles. The zero-order valence-electron chi connectivity index (χ0n) is 34.3. The van der Waals surface area contributed by atoms with Crippen LogP contribution < -0.4 is 5.32 Å². The van der Waals surface area contributed by atoms with Crippen LogP contribution in [0.15, 0.2) is 0 Å². The first-order valence-corrected chi connectivity index (χ1v) is 21.7. The molecule has 6 saturated carbocycles. The van der Waals surface area contributed by atoms with Crippen molar-refractivity contribution < 1.29 is 19.4 Å². The van der Waals surface area contributed by atoms with Crippen molar-refractivity contribution in [3.63, 3.8) is 0 Å². The van der Waals surface area contributed by atoms with Gasteiger partial charge in [-0.3, -0.25) is 9.59 Å². The van der Waals surface area contributed by atoms with Crippen LogP contribution in [0.4, 0.5) is 0 Å². The molecule has 2 N–H and O–H groups in total. The summed E-state index contributed by atoms with van der Waals surface area (Å²) in [5, 5.41) is 13.8. The summed E-state index contributed by atoms with van der Waals surface area (Å²) < 4.78 is 6.23. The maximum Gasteiger partial charge on any atom is 0.309 e. The van der Waals surface area contributed by atoms with E-state index < -0.39 is 11.4 Å². The number of rotatable bonds is 10. The van der Waals surface area contributed by atoms with Gasteiger partial charge in [0.1, 0.15) is 6.10 Å². The van der Waals surface area contributed by atoms with Crippen LogP contribution in [0, 0.1) is 67.5 Å². The molecule has 0 aromatic heterocycles. The fraction of sp³-hybridized carbons (Fsp3) is 0.956. The Hall–Kier alpha value is -1.14. The third-order valence-electron chi connectivity index (χ3n) is 19.0. The summed E-state index contributed by atoms with van der Waals surface area (Å²) in [6.07, 6.45) is 19.8. The summed E-state index contributed by atoms with van der Waals surface area (Å²) in [6.45, 7) is 26.1. The van der Waals surface area contributed by atoms with Gasteiger partial charge >= 0.3 is 11.9 Å². The minimum absolute atomic E-state index is 0.0751.